The molecule has 3 rings (SSSR count). The molecule has 2 aromatic rings. The third-order valence-corrected chi connectivity index (χ3v) is 8.09. The molecule has 0 atom stereocenters. The van der Waals surface area contributed by atoms with Gasteiger partial charge in [0.2, 0.25) is 0 Å². The zero-order chi connectivity index (χ0) is 18.0. The second-order valence-electron chi connectivity index (χ2n) is 6.14. The zero-order valence-corrected chi connectivity index (χ0v) is 16.5. The molecule has 5 nitrogen and oxygen atoms in total. The van der Waals surface area contributed by atoms with Gasteiger partial charge in [-0.05, 0) is 43.2 Å². The van der Waals surface area contributed by atoms with Crippen LogP contribution in [0, 0.1) is 6.92 Å². The summed E-state index contributed by atoms with van der Waals surface area (Å²) >= 11 is 1.38. The fraction of sp³-hybridized carbons (Fsp3) is 0.444. The number of hydrogen-bond acceptors (Lipinski definition) is 5. The molecule has 0 aliphatic carbocycles. The second-order valence-corrected chi connectivity index (χ2v) is 9.47. The van der Waals surface area contributed by atoms with Crippen molar-refractivity contribution in [1.82, 2.24) is 4.31 Å². The average molecular weight is 381 g/mol. The fourth-order valence-electron chi connectivity index (χ4n) is 3.03. The molecule has 25 heavy (non-hydrogen) atoms. The van der Waals surface area contributed by atoms with E-state index in [1.54, 1.807) is 17.5 Å². The number of aryl methyl sites for hydroxylation is 2. The van der Waals surface area contributed by atoms with Gasteiger partial charge >= 0.3 is 0 Å². The van der Waals surface area contributed by atoms with Gasteiger partial charge in [-0.2, -0.15) is 4.31 Å². The molecular formula is C18H24N2O3S2. The van der Waals surface area contributed by atoms with E-state index in [2.05, 4.69) is 11.0 Å². The summed E-state index contributed by atoms with van der Waals surface area (Å²) in [5.41, 5.74) is 2.19. The van der Waals surface area contributed by atoms with E-state index in [0.717, 1.165) is 28.3 Å². The van der Waals surface area contributed by atoms with Crippen molar-refractivity contribution in [2.24, 2.45) is 0 Å². The number of ether oxygens (including phenoxy) is 1. The number of hydrogen-bond donors (Lipinski definition) is 0. The molecule has 0 radical (unpaired) electrons. The van der Waals surface area contributed by atoms with Gasteiger partial charge in [-0.3, -0.25) is 0 Å². The van der Waals surface area contributed by atoms with Crippen LogP contribution in [0.25, 0.3) is 0 Å². The van der Waals surface area contributed by atoms with Crippen molar-refractivity contribution < 1.29 is 13.2 Å². The van der Waals surface area contributed by atoms with Crippen molar-refractivity contribution in [2.45, 2.75) is 24.5 Å². The number of sulfonamides is 1. The summed E-state index contributed by atoms with van der Waals surface area (Å²) in [5, 5.41) is 0. The summed E-state index contributed by atoms with van der Waals surface area (Å²) in [5.74, 6) is 0.827. The number of methoxy groups -OCH3 is 1. The van der Waals surface area contributed by atoms with Crippen LogP contribution in [-0.4, -0.2) is 46.0 Å². The van der Waals surface area contributed by atoms with Gasteiger partial charge < -0.3 is 9.64 Å². The quantitative estimate of drug-likeness (QED) is 0.800. The van der Waals surface area contributed by atoms with E-state index < -0.39 is 10.0 Å². The lowest BCUT2D eigenvalue weighted by Gasteiger charge is -2.35. The van der Waals surface area contributed by atoms with Gasteiger partial charge in [0.15, 0.2) is 0 Å². The Labute approximate surface area is 153 Å². The number of nitrogens with zero attached hydrogens (tertiary/aromatic N) is 2. The maximum atomic E-state index is 12.8. The Kier molecular flexibility index (Phi) is 5.36. The molecule has 2 heterocycles. The highest BCUT2D eigenvalue weighted by Gasteiger charge is 2.30. The topological polar surface area (TPSA) is 49.9 Å². The van der Waals surface area contributed by atoms with E-state index in [0.29, 0.717) is 30.4 Å². The lowest BCUT2D eigenvalue weighted by atomic mass is 10.1. The summed E-state index contributed by atoms with van der Waals surface area (Å²) < 4.78 is 33.2. The minimum Gasteiger partial charge on any atom is -0.495 e. The Balaban J connectivity index is 1.74. The van der Waals surface area contributed by atoms with E-state index in [9.17, 15) is 8.42 Å². The SMILES string of the molecule is CCc1ccc(S(=O)(=O)N2CCN(c3cc(C)ccc3OC)CC2)s1. The molecule has 1 saturated heterocycles. The number of thiophene rings is 1. The van der Waals surface area contributed by atoms with Crippen molar-refractivity contribution >= 4 is 27.0 Å². The highest BCUT2D eigenvalue weighted by molar-refractivity contribution is 7.91. The van der Waals surface area contributed by atoms with Crippen LogP contribution in [0.4, 0.5) is 5.69 Å². The average Bonchev–Trinajstić information content (AvgIpc) is 3.12. The van der Waals surface area contributed by atoms with E-state index in [-0.39, 0.29) is 0 Å². The summed E-state index contributed by atoms with van der Waals surface area (Å²) in [6.07, 6.45) is 0.862. The van der Waals surface area contributed by atoms with Crippen LogP contribution in [0.2, 0.25) is 0 Å². The van der Waals surface area contributed by atoms with Crippen molar-refractivity contribution in [2.75, 3.05) is 38.2 Å². The molecule has 0 saturated carbocycles. The third-order valence-electron chi connectivity index (χ3n) is 4.49. The highest BCUT2D eigenvalue weighted by atomic mass is 32.2. The van der Waals surface area contributed by atoms with Crippen LogP contribution in [0.5, 0.6) is 5.75 Å². The number of rotatable bonds is 5. The van der Waals surface area contributed by atoms with Crippen molar-refractivity contribution in [1.29, 1.82) is 0 Å². The van der Waals surface area contributed by atoms with Gasteiger partial charge in [0.05, 0.1) is 12.8 Å². The molecule has 1 aliphatic rings. The first-order valence-corrected chi connectivity index (χ1v) is 10.7. The molecule has 0 unspecified atom stereocenters. The van der Waals surface area contributed by atoms with Gasteiger partial charge in [0.25, 0.3) is 10.0 Å². The highest BCUT2D eigenvalue weighted by Crippen LogP contribution is 2.31. The van der Waals surface area contributed by atoms with Crippen LogP contribution in [0.15, 0.2) is 34.5 Å². The van der Waals surface area contributed by atoms with Crippen LogP contribution < -0.4 is 9.64 Å². The van der Waals surface area contributed by atoms with Crippen molar-refractivity contribution in [3.63, 3.8) is 0 Å². The van der Waals surface area contributed by atoms with E-state index >= 15 is 0 Å². The Hall–Kier alpha value is -1.57. The maximum absolute atomic E-state index is 12.8. The van der Waals surface area contributed by atoms with Crippen LogP contribution in [-0.2, 0) is 16.4 Å². The first-order chi connectivity index (χ1) is 12.0. The standard InChI is InChI=1S/C18H24N2O3S2/c1-4-15-6-8-18(24-15)25(21,22)20-11-9-19(10-12-20)16-13-14(2)5-7-17(16)23-3/h5-8,13H,4,9-12H2,1-3H3. The van der Waals surface area contributed by atoms with Gasteiger partial charge in [-0.25, -0.2) is 8.42 Å². The molecule has 1 aromatic heterocycles. The summed E-state index contributed by atoms with van der Waals surface area (Å²) in [7, 11) is -1.72. The molecule has 1 aromatic carbocycles. The van der Waals surface area contributed by atoms with E-state index in [1.807, 2.05) is 32.0 Å². The smallest absolute Gasteiger partial charge is 0.252 e. The lowest BCUT2D eigenvalue weighted by molar-refractivity contribution is 0.379. The van der Waals surface area contributed by atoms with Crippen molar-refractivity contribution in [3.05, 3.63) is 40.8 Å². The largest absolute Gasteiger partial charge is 0.495 e. The number of benzene rings is 1. The van der Waals surface area contributed by atoms with Gasteiger partial charge in [0.1, 0.15) is 9.96 Å². The molecule has 0 N–H and O–H groups in total. The minimum absolute atomic E-state index is 0.450. The monoisotopic (exact) mass is 380 g/mol. The Morgan fingerprint density at radius 1 is 1.12 bits per heavy atom. The first-order valence-electron chi connectivity index (χ1n) is 8.44. The van der Waals surface area contributed by atoms with E-state index in [1.165, 1.54) is 11.3 Å². The Morgan fingerprint density at radius 2 is 1.84 bits per heavy atom. The van der Waals surface area contributed by atoms with Crippen LogP contribution in [0.1, 0.15) is 17.4 Å². The molecular weight excluding hydrogens is 356 g/mol. The van der Waals surface area contributed by atoms with Crippen molar-refractivity contribution in [3.8, 4) is 5.75 Å². The fourth-order valence-corrected chi connectivity index (χ4v) is 5.90. The number of piperazine rings is 1. The molecule has 136 valence electrons. The third kappa shape index (κ3) is 3.68. The predicted octanol–water partition coefficient (Wildman–Crippen LogP) is 3.14. The second kappa shape index (κ2) is 7.35. The van der Waals surface area contributed by atoms with E-state index in [4.69, 9.17) is 4.74 Å². The minimum atomic E-state index is -3.39. The maximum Gasteiger partial charge on any atom is 0.252 e. The molecule has 0 spiro atoms. The summed E-state index contributed by atoms with van der Waals surface area (Å²) in [6.45, 7) is 6.37. The Bertz CT molecular complexity index is 838. The Morgan fingerprint density at radius 3 is 2.44 bits per heavy atom. The molecule has 0 amide bonds. The first kappa shape index (κ1) is 18.2. The number of anilines is 1. The normalized spacial score (nSPS) is 16.2. The van der Waals surface area contributed by atoms with Crippen LogP contribution in [0.3, 0.4) is 0 Å². The molecule has 1 fully saturated rings. The van der Waals surface area contributed by atoms with Gasteiger partial charge in [0, 0.05) is 31.1 Å². The lowest BCUT2D eigenvalue weighted by Crippen LogP contribution is -2.48. The molecule has 1 aliphatic heterocycles. The van der Waals surface area contributed by atoms with Crippen LogP contribution >= 0.6 is 11.3 Å². The molecule has 7 heteroatoms. The predicted molar refractivity (Wildman–Crippen MR) is 102 cm³/mol. The van der Waals surface area contributed by atoms with Gasteiger partial charge in [-0.1, -0.05) is 13.0 Å². The van der Waals surface area contributed by atoms with Gasteiger partial charge in [-0.15, -0.1) is 11.3 Å². The zero-order valence-electron chi connectivity index (χ0n) is 14.9. The summed E-state index contributed by atoms with van der Waals surface area (Å²) in [4.78, 5) is 3.30. The molecule has 0 bridgehead atoms. The summed E-state index contributed by atoms with van der Waals surface area (Å²) in [6, 6.07) is 9.72.